The molecule has 0 fully saturated rings. The summed E-state index contributed by atoms with van der Waals surface area (Å²) in [6.45, 7) is 13.1. The number of hydrogen-bond acceptors (Lipinski definition) is 3. The maximum Gasteiger partial charge on any atom is 0.242 e. The van der Waals surface area contributed by atoms with E-state index in [1.807, 2.05) is 20.8 Å². The molecule has 0 aromatic carbocycles. The highest BCUT2D eigenvalue weighted by molar-refractivity contribution is 5.89. The van der Waals surface area contributed by atoms with E-state index >= 15 is 0 Å². The van der Waals surface area contributed by atoms with Gasteiger partial charge in [-0.3, -0.25) is 14.4 Å². The number of carbonyl (C=O) groups excluding carboxylic acids is 3. The normalized spacial score (nSPS) is 11.8. The molecule has 0 bridgehead atoms. The summed E-state index contributed by atoms with van der Waals surface area (Å²) in [5.74, 6) is -0.662. The second kappa shape index (κ2) is 7.43. The van der Waals surface area contributed by atoms with Crippen LogP contribution in [0.3, 0.4) is 0 Å². The van der Waals surface area contributed by atoms with Gasteiger partial charge in [-0.25, -0.2) is 0 Å². The molecule has 3 amide bonds. The topological polar surface area (TPSA) is 78.5 Å². The Bertz CT molecular complexity index is 392. The molecule has 0 heterocycles. The van der Waals surface area contributed by atoms with E-state index < -0.39 is 5.41 Å². The van der Waals surface area contributed by atoms with Crippen LogP contribution in [0.25, 0.3) is 0 Å². The van der Waals surface area contributed by atoms with Crippen molar-refractivity contribution >= 4 is 17.7 Å². The van der Waals surface area contributed by atoms with E-state index in [0.717, 1.165) is 0 Å². The van der Waals surface area contributed by atoms with Gasteiger partial charge in [-0.15, -0.1) is 0 Å². The van der Waals surface area contributed by atoms with Gasteiger partial charge in [0.1, 0.15) is 0 Å². The first-order chi connectivity index (χ1) is 9.36. The molecule has 0 aliphatic carbocycles. The molecule has 0 unspecified atom stereocenters. The molecule has 2 N–H and O–H groups in total. The SMILES string of the molecule is CCN(CC(=O)NC(C)(C)C)C(=O)CNC(=O)C(C)(C)C. The van der Waals surface area contributed by atoms with Crippen LogP contribution in [0.1, 0.15) is 48.5 Å². The fourth-order valence-electron chi connectivity index (χ4n) is 1.54. The van der Waals surface area contributed by atoms with E-state index in [4.69, 9.17) is 0 Å². The summed E-state index contributed by atoms with van der Waals surface area (Å²) in [4.78, 5) is 37.0. The molecule has 6 nitrogen and oxygen atoms in total. The fraction of sp³-hybridized carbons (Fsp3) is 0.800. The molecular weight excluding hydrogens is 270 g/mol. The van der Waals surface area contributed by atoms with Crippen LogP contribution < -0.4 is 10.6 Å². The number of amides is 3. The molecule has 0 aliphatic rings. The lowest BCUT2D eigenvalue weighted by Crippen LogP contribution is -2.49. The van der Waals surface area contributed by atoms with Crippen LogP contribution in [0.15, 0.2) is 0 Å². The van der Waals surface area contributed by atoms with Gasteiger partial charge in [0.25, 0.3) is 0 Å². The van der Waals surface area contributed by atoms with Crippen LogP contribution in [0.4, 0.5) is 0 Å². The van der Waals surface area contributed by atoms with Crippen LogP contribution in [0.5, 0.6) is 0 Å². The summed E-state index contributed by atoms with van der Waals surface area (Å²) in [6.07, 6.45) is 0. The third kappa shape index (κ3) is 8.32. The van der Waals surface area contributed by atoms with Crippen molar-refractivity contribution in [1.29, 1.82) is 0 Å². The van der Waals surface area contributed by atoms with E-state index in [2.05, 4.69) is 10.6 Å². The standard InChI is InChI=1S/C15H29N3O3/c1-8-18(10-11(19)17-15(5,6)7)12(20)9-16-13(21)14(2,3)4/h8-10H2,1-7H3,(H,16,21)(H,17,19). The second-order valence-electron chi connectivity index (χ2n) is 7.14. The lowest BCUT2D eigenvalue weighted by atomic mass is 9.96. The molecule has 0 saturated heterocycles. The zero-order valence-corrected chi connectivity index (χ0v) is 14.3. The van der Waals surface area contributed by atoms with Gasteiger partial charge in [0.2, 0.25) is 17.7 Å². The Kier molecular flexibility index (Phi) is 6.86. The van der Waals surface area contributed by atoms with E-state index in [9.17, 15) is 14.4 Å². The van der Waals surface area contributed by atoms with Crippen molar-refractivity contribution in [3.8, 4) is 0 Å². The maximum absolute atomic E-state index is 12.0. The molecule has 0 aromatic rings. The molecule has 0 saturated carbocycles. The summed E-state index contributed by atoms with van der Waals surface area (Å²) in [7, 11) is 0. The van der Waals surface area contributed by atoms with Crippen LogP contribution in [0.2, 0.25) is 0 Å². The first kappa shape index (κ1) is 19.4. The number of hydrogen-bond donors (Lipinski definition) is 2. The third-order valence-corrected chi connectivity index (χ3v) is 2.66. The molecule has 0 rings (SSSR count). The van der Waals surface area contributed by atoms with Gasteiger partial charge in [0.15, 0.2) is 0 Å². The third-order valence-electron chi connectivity index (χ3n) is 2.66. The molecule has 6 heteroatoms. The summed E-state index contributed by atoms with van der Waals surface area (Å²) in [6, 6.07) is 0. The van der Waals surface area contributed by atoms with Crippen LogP contribution >= 0.6 is 0 Å². The highest BCUT2D eigenvalue weighted by Crippen LogP contribution is 2.12. The average Bonchev–Trinajstić information content (AvgIpc) is 2.28. The first-order valence-corrected chi connectivity index (χ1v) is 7.24. The zero-order chi connectivity index (χ0) is 16.8. The smallest absolute Gasteiger partial charge is 0.242 e. The Balaban J connectivity index is 4.44. The molecule has 0 spiro atoms. The Labute approximate surface area is 127 Å². The van der Waals surface area contributed by atoms with Crippen LogP contribution in [-0.2, 0) is 14.4 Å². The first-order valence-electron chi connectivity index (χ1n) is 7.24. The van der Waals surface area contributed by atoms with E-state index in [-0.39, 0.29) is 36.3 Å². The Hall–Kier alpha value is -1.59. The van der Waals surface area contributed by atoms with Crippen molar-refractivity contribution in [1.82, 2.24) is 15.5 Å². The highest BCUT2D eigenvalue weighted by Gasteiger charge is 2.23. The van der Waals surface area contributed by atoms with E-state index in [0.29, 0.717) is 6.54 Å². The quantitative estimate of drug-likeness (QED) is 0.792. The average molecular weight is 299 g/mol. The molecular formula is C15H29N3O3. The number of nitrogens with zero attached hydrogens (tertiary/aromatic N) is 1. The predicted molar refractivity (Wildman–Crippen MR) is 82.6 cm³/mol. The Morgan fingerprint density at radius 1 is 1.00 bits per heavy atom. The van der Waals surface area contributed by atoms with Crippen molar-refractivity contribution in [2.75, 3.05) is 19.6 Å². The van der Waals surface area contributed by atoms with Gasteiger partial charge in [-0.1, -0.05) is 20.8 Å². The van der Waals surface area contributed by atoms with Crippen molar-refractivity contribution in [2.24, 2.45) is 5.41 Å². The zero-order valence-electron chi connectivity index (χ0n) is 14.3. The monoisotopic (exact) mass is 299 g/mol. The largest absolute Gasteiger partial charge is 0.350 e. The second-order valence-corrected chi connectivity index (χ2v) is 7.14. The van der Waals surface area contributed by atoms with Gasteiger partial charge in [-0.2, -0.15) is 0 Å². The predicted octanol–water partition coefficient (Wildman–Crippen LogP) is 0.912. The summed E-state index contributed by atoms with van der Waals surface area (Å²) in [5.41, 5.74) is -0.874. The highest BCUT2D eigenvalue weighted by atomic mass is 16.2. The number of nitrogens with one attached hydrogen (secondary N) is 2. The minimum absolute atomic E-state index is 0.00199. The Morgan fingerprint density at radius 2 is 1.52 bits per heavy atom. The van der Waals surface area contributed by atoms with Gasteiger partial charge >= 0.3 is 0 Å². The fourth-order valence-corrected chi connectivity index (χ4v) is 1.54. The van der Waals surface area contributed by atoms with E-state index in [1.165, 1.54) is 4.90 Å². The molecule has 122 valence electrons. The number of rotatable bonds is 5. The van der Waals surface area contributed by atoms with Crippen molar-refractivity contribution in [2.45, 2.75) is 54.0 Å². The molecule has 0 radical (unpaired) electrons. The van der Waals surface area contributed by atoms with Crippen LogP contribution in [-0.4, -0.2) is 47.8 Å². The minimum Gasteiger partial charge on any atom is -0.350 e. The molecule has 0 aromatic heterocycles. The Morgan fingerprint density at radius 3 is 1.90 bits per heavy atom. The van der Waals surface area contributed by atoms with Gasteiger partial charge in [-0.05, 0) is 27.7 Å². The molecule has 21 heavy (non-hydrogen) atoms. The summed E-state index contributed by atoms with van der Waals surface area (Å²) < 4.78 is 0. The number of carbonyl (C=O) groups is 3. The minimum atomic E-state index is -0.541. The number of likely N-dealkylation sites (N-methyl/N-ethyl adjacent to an activating group) is 1. The molecule has 0 aliphatic heterocycles. The molecule has 0 atom stereocenters. The lowest BCUT2D eigenvalue weighted by Gasteiger charge is -2.25. The van der Waals surface area contributed by atoms with E-state index in [1.54, 1.807) is 27.7 Å². The summed E-state index contributed by atoms with van der Waals surface area (Å²) in [5, 5.41) is 5.40. The van der Waals surface area contributed by atoms with Gasteiger partial charge < -0.3 is 15.5 Å². The van der Waals surface area contributed by atoms with Gasteiger partial charge in [0.05, 0.1) is 13.1 Å². The van der Waals surface area contributed by atoms with Crippen LogP contribution in [0, 0.1) is 5.41 Å². The maximum atomic E-state index is 12.0. The summed E-state index contributed by atoms with van der Waals surface area (Å²) >= 11 is 0. The van der Waals surface area contributed by atoms with Crippen molar-refractivity contribution < 1.29 is 14.4 Å². The van der Waals surface area contributed by atoms with Crippen molar-refractivity contribution in [3.05, 3.63) is 0 Å². The van der Waals surface area contributed by atoms with Crippen molar-refractivity contribution in [3.63, 3.8) is 0 Å². The van der Waals surface area contributed by atoms with Gasteiger partial charge in [0, 0.05) is 17.5 Å². The lowest BCUT2D eigenvalue weighted by molar-refractivity contribution is -0.137.